The van der Waals surface area contributed by atoms with Crippen molar-refractivity contribution in [2.45, 2.75) is 4.90 Å². The number of hydrogen-bond donors (Lipinski definition) is 2. The van der Waals surface area contributed by atoms with E-state index in [1.807, 2.05) is 0 Å². The maximum atomic E-state index is 12.1. The molecular formula is C10H10BrClN4O2S. The van der Waals surface area contributed by atoms with Crippen molar-refractivity contribution in [3.05, 3.63) is 33.9 Å². The van der Waals surface area contributed by atoms with Gasteiger partial charge in [0.2, 0.25) is 0 Å². The molecule has 0 fully saturated rings. The first-order valence-electron chi connectivity index (χ1n) is 5.06. The fourth-order valence-corrected chi connectivity index (χ4v) is 3.04. The van der Waals surface area contributed by atoms with Crippen molar-refractivity contribution in [3.8, 4) is 0 Å². The topological polar surface area (TPSA) is 90.0 Å². The highest BCUT2D eigenvalue weighted by atomic mass is 79.9. The number of rotatable bonds is 3. The average molecular weight is 366 g/mol. The lowest BCUT2D eigenvalue weighted by Gasteiger charge is -2.07. The van der Waals surface area contributed by atoms with Gasteiger partial charge in [-0.2, -0.15) is 5.10 Å². The van der Waals surface area contributed by atoms with Gasteiger partial charge in [0.05, 0.1) is 10.7 Å². The van der Waals surface area contributed by atoms with Crippen molar-refractivity contribution in [1.82, 2.24) is 9.78 Å². The summed E-state index contributed by atoms with van der Waals surface area (Å²) in [4.78, 5) is -0.0750. The zero-order valence-electron chi connectivity index (χ0n) is 9.76. The largest absolute Gasteiger partial charge is 0.381 e. The van der Waals surface area contributed by atoms with Gasteiger partial charge in [0.1, 0.15) is 4.90 Å². The summed E-state index contributed by atoms with van der Waals surface area (Å²) in [6.45, 7) is 0. The van der Waals surface area contributed by atoms with Gasteiger partial charge in [0.15, 0.2) is 5.82 Å². The number of anilines is 2. The zero-order chi connectivity index (χ0) is 14.2. The van der Waals surface area contributed by atoms with Gasteiger partial charge in [0, 0.05) is 17.7 Å². The minimum Gasteiger partial charge on any atom is -0.381 e. The quantitative estimate of drug-likeness (QED) is 0.872. The fraction of sp³-hybridized carbons (Fsp3) is 0.100. The molecule has 2 rings (SSSR count). The molecular weight excluding hydrogens is 356 g/mol. The van der Waals surface area contributed by atoms with E-state index < -0.39 is 10.0 Å². The Bertz CT molecular complexity index is 729. The summed E-state index contributed by atoms with van der Waals surface area (Å²) in [6, 6.07) is 4.72. The predicted octanol–water partition coefficient (Wildman–Crippen LogP) is 2.22. The summed E-state index contributed by atoms with van der Waals surface area (Å²) >= 11 is 9.13. The third-order valence-corrected chi connectivity index (χ3v) is 4.91. The summed E-state index contributed by atoms with van der Waals surface area (Å²) < 4.78 is 28.7. The SMILES string of the molecule is Cn1cc(S(=O)(=O)Nc2ccc(Br)c(Cl)c2)c(N)n1. The number of benzene rings is 1. The minimum absolute atomic E-state index is 0.0572. The number of sulfonamides is 1. The Morgan fingerprint density at radius 3 is 2.68 bits per heavy atom. The Kier molecular flexibility index (Phi) is 3.75. The molecule has 0 spiro atoms. The molecule has 19 heavy (non-hydrogen) atoms. The molecule has 0 saturated carbocycles. The number of nitrogens with one attached hydrogen (secondary N) is 1. The fourth-order valence-electron chi connectivity index (χ4n) is 1.46. The Balaban J connectivity index is 2.36. The van der Waals surface area contributed by atoms with Crippen molar-refractivity contribution < 1.29 is 8.42 Å². The number of hydrogen-bond acceptors (Lipinski definition) is 4. The monoisotopic (exact) mass is 364 g/mol. The molecule has 2 aromatic rings. The lowest BCUT2D eigenvalue weighted by atomic mass is 10.3. The number of aryl methyl sites for hydroxylation is 1. The van der Waals surface area contributed by atoms with Gasteiger partial charge < -0.3 is 5.73 Å². The van der Waals surface area contributed by atoms with Crippen LogP contribution in [-0.2, 0) is 17.1 Å². The van der Waals surface area contributed by atoms with Gasteiger partial charge in [-0.25, -0.2) is 8.42 Å². The highest BCUT2D eigenvalue weighted by Gasteiger charge is 2.20. The van der Waals surface area contributed by atoms with Crippen molar-refractivity contribution in [2.75, 3.05) is 10.5 Å². The minimum atomic E-state index is -3.79. The Hall–Kier alpha value is -1.25. The second-order valence-corrected chi connectivity index (χ2v) is 6.70. The van der Waals surface area contributed by atoms with Crippen LogP contribution in [0.4, 0.5) is 11.5 Å². The second-order valence-electron chi connectivity index (χ2n) is 3.79. The smallest absolute Gasteiger partial charge is 0.267 e. The van der Waals surface area contributed by atoms with Crippen LogP contribution in [0.3, 0.4) is 0 Å². The molecule has 1 heterocycles. The molecule has 6 nitrogen and oxygen atoms in total. The van der Waals surface area contributed by atoms with E-state index in [9.17, 15) is 8.42 Å². The van der Waals surface area contributed by atoms with Gasteiger partial charge in [-0.3, -0.25) is 9.40 Å². The normalized spacial score (nSPS) is 11.5. The molecule has 9 heteroatoms. The van der Waals surface area contributed by atoms with Gasteiger partial charge in [-0.05, 0) is 34.1 Å². The molecule has 0 amide bonds. The van der Waals surface area contributed by atoms with E-state index in [0.717, 1.165) is 0 Å². The average Bonchev–Trinajstić information content (AvgIpc) is 2.63. The summed E-state index contributed by atoms with van der Waals surface area (Å²) in [5.41, 5.74) is 5.89. The molecule has 0 saturated heterocycles. The predicted molar refractivity (Wildman–Crippen MR) is 77.6 cm³/mol. The van der Waals surface area contributed by atoms with E-state index in [4.69, 9.17) is 17.3 Å². The van der Waals surface area contributed by atoms with E-state index in [-0.39, 0.29) is 10.7 Å². The van der Waals surface area contributed by atoms with E-state index in [2.05, 4.69) is 25.8 Å². The van der Waals surface area contributed by atoms with E-state index >= 15 is 0 Å². The standard InChI is InChI=1S/C10H10BrClN4O2S/c1-16-5-9(10(13)14-16)19(17,18)15-6-2-3-7(11)8(12)4-6/h2-5,15H,1H3,(H2,13,14). The third-order valence-electron chi connectivity index (χ3n) is 2.28. The molecule has 0 bridgehead atoms. The lowest BCUT2D eigenvalue weighted by Crippen LogP contribution is -2.13. The van der Waals surface area contributed by atoms with Crippen LogP contribution in [0.15, 0.2) is 33.8 Å². The van der Waals surface area contributed by atoms with Gasteiger partial charge >= 0.3 is 0 Å². The van der Waals surface area contributed by atoms with Crippen LogP contribution >= 0.6 is 27.5 Å². The zero-order valence-corrected chi connectivity index (χ0v) is 12.9. The molecule has 102 valence electrons. The summed E-state index contributed by atoms with van der Waals surface area (Å²) in [5.74, 6) is -0.0572. The number of nitrogen functional groups attached to an aromatic ring is 1. The molecule has 0 aliphatic heterocycles. The number of aromatic nitrogens is 2. The van der Waals surface area contributed by atoms with Gasteiger partial charge in [-0.15, -0.1) is 0 Å². The van der Waals surface area contributed by atoms with Crippen LogP contribution in [-0.4, -0.2) is 18.2 Å². The third kappa shape index (κ3) is 3.02. The highest BCUT2D eigenvalue weighted by molar-refractivity contribution is 9.10. The molecule has 1 aromatic carbocycles. The Morgan fingerprint density at radius 2 is 2.16 bits per heavy atom. The molecule has 0 unspecified atom stereocenters. The van der Waals surface area contributed by atoms with Crippen LogP contribution < -0.4 is 10.5 Å². The maximum Gasteiger partial charge on any atom is 0.267 e. The van der Waals surface area contributed by atoms with Gasteiger partial charge in [-0.1, -0.05) is 11.6 Å². The van der Waals surface area contributed by atoms with Crippen molar-refractivity contribution in [1.29, 1.82) is 0 Å². The van der Waals surface area contributed by atoms with E-state index in [0.29, 0.717) is 15.2 Å². The number of nitrogens with zero attached hydrogens (tertiary/aromatic N) is 2. The molecule has 1 aromatic heterocycles. The number of halogens is 2. The second kappa shape index (κ2) is 5.03. The van der Waals surface area contributed by atoms with E-state index in [1.54, 1.807) is 19.2 Å². The molecule has 3 N–H and O–H groups in total. The Labute approximate surface area is 123 Å². The van der Waals surface area contributed by atoms with Crippen LogP contribution in [0.1, 0.15) is 0 Å². The highest BCUT2D eigenvalue weighted by Crippen LogP contribution is 2.27. The van der Waals surface area contributed by atoms with Crippen molar-refractivity contribution in [3.63, 3.8) is 0 Å². The summed E-state index contributed by atoms with van der Waals surface area (Å²) in [7, 11) is -2.20. The maximum absolute atomic E-state index is 12.1. The molecule has 0 radical (unpaired) electrons. The van der Waals surface area contributed by atoms with Crippen LogP contribution in [0.25, 0.3) is 0 Å². The van der Waals surface area contributed by atoms with Crippen molar-refractivity contribution in [2.24, 2.45) is 7.05 Å². The van der Waals surface area contributed by atoms with Crippen LogP contribution in [0.2, 0.25) is 5.02 Å². The molecule has 0 aliphatic carbocycles. The first-order chi connectivity index (χ1) is 8.79. The summed E-state index contributed by atoms with van der Waals surface area (Å²) in [6.07, 6.45) is 1.33. The van der Waals surface area contributed by atoms with E-state index in [1.165, 1.54) is 16.9 Å². The first kappa shape index (κ1) is 14.2. The molecule has 0 atom stereocenters. The van der Waals surface area contributed by atoms with Gasteiger partial charge in [0.25, 0.3) is 10.0 Å². The number of nitrogens with two attached hydrogens (primary N) is 1. The summed E-state index contributed by atoms with van der Waals surface area (Å²) in [5, 5.41) is 4.19. The first-order valence-corrected chi connectivity index (χ1v) is 7.72. The Morgan fingerprint density at radius 1 is 1.47 bits per heavy atom. The molecule has 0 aliphatic rings. The van der Waals surface area contributed by atoms with Crippen LogP contribution in [0, 0.1) is 0 Å². The lowest BCUT2D eigenvalue weighted by molar-refractivity contribution is 0.601. The van der Waals surface area contributed by atoms with Crippen molar-refractivity contribution >= 4 is 49.1 Å². The van der Waals surface area contributed by atoms with Crippen LogP contribution in [0.5, 0.6) is 0 Å².